The molecule has 1 aromatic heterocycles. The van der Waals surface area contributed by atoms with E-state index in [2.05, 4.69) is 15.6 Å². The van der Waals surface area contributed by atoms with Gasteiger partial charge in [0.15, 0.2) is 0 Å². The largest absolute Gasteiger partial charge is 0.360 e. The maximum Gasteiger partial charge on any atom is 0.242 e. The van der Waals surface area contributed by atoms with Gasteiger partial charge in [0.2, 0.25) is 5.91 Å². The van der Waals surface area contributed by atoms with Crippen molar-refractivity contribution in [3.63, 3.8) is 0 Å². The Morgan fingerprint density at radius 3 is 3.06 bits per heavy atom. The fraction of sp³-hybridized carbons (Fsp3) is 0.417. The summed E-state index contributed by atoms with van der Waals surface area (Å²) in [4.78, 5) is 17.7. The zero-order chi connectivity index (χ0) is 12.8. The van der Waals surface area contributed by atoms with Crippen LogP contribution >= 0.6 is 0 Å². The summed E-state index contributed by atoms with van der Waals surface area (Å²) in [5, 5.41) is 15.0. The van der Waals surface area contributed by atoms with E-state index in [0.717, 1.165) is 26.2 Å². The highest BCUT2D eigenvalue weighted by atomic mass is 16.2. The van der Waals surface area contributed by atoms with Gasteiger partial charge in [-0.1, -0.05) is 0 Å². The zero-order valence-corrected chi connectivity index (χ0v) is 10.0. The van der Waals surface area contributed by atoms with Crippen LogP contribution in [0.4, 0.5) is 5.82 Å². The highest BCUT2D eigenvalue weighted by molar-refractivity contribution is 5.81. The van der Waals surface area contributed by atoms with Crippen molar-refractivity contribution in [3.05, 3.63) is 23.9 Å². The second-order valence-corrected chi connectivity index (χ2v) is 4.00. The smallest absolute Gasteiger partial charge is 0.242 e. The summed E-state index contributed by atoms with van der Waals surface area (Å²) in [5.41, 5.74) is 0.450. The molecule has 18 heavy (non-hydrogen) atoms. The van der Waals surface area contributed by atoms with Crippen LogP contribution in [0, 0.1) is 11.3 Å². The normalized spacial score (nSPS) is 14.9. The van der Waals surface area contributed by atoms with Gasteiger partial charge in [0, 0.05) is 32.4 Å². The predicted molar refractivity (Wildman–Crippen MR) is 66.9 cm³/mol. The average molecular weight is 245 g/mol. The van der Waals surface area contributed by atoms with Gasteiger partial charge in [0.25, 0.3) is 0 Å². The van der Waals surface area contributed by atoms with Gasteiger partial charge in [-0.15, -0.1) is 0 Å². The third-order valence-electron chi connectivity index (χ3n) is 2.80. The minimum atomic E-state index is 0.0334. The van der Waals surface area contributed by atoms with Crippen molar-refractivity contribution in [1.29, 1.82) is 5.26 Å². The number of hydrogen-bond donors (Lipinski definition) is 2. The first kappa shape index (κ1) is 12.3. The van der Waals surface area contributed by atoms with Crippen LogP contribution in [0.3, 0.4) is 0 Å². The standard InChI is InChI=1S/C12H15N5O/c13-8-10-2-1-3-15-12(10)16-9-11(18)17-6-4-14-5-7-17/h1-3,14H,4-7,9H2,(H,15,16). The van der Waals surface area contributed by atoms with Crippen LogP contribution in [0.5, 0.6) is 0 Å². The molecule has 0 aliphatic carbocycles. The van der Waals surface area contributed by atoms with Gasteiger partial charge in [0.1, 0.15) is 11.9 Å². The maximum atomic E-state index is 11.9. The lowest BCUT2D eigenvalue weighted by atomic mass is 10.3. The lowest BCUT2D eigenvalue weighted by molar-refractivity contribution is -0.129. The van der Waals surface area contributed by atoms with Crippen LogP contribution < -0.4 is 10.6 Å². The number of nitrogens with one attached hydrogen (secondary N) is 2. The number of aromatic nitrogens is 1. The Morgan fingerprint density at radius 2 is 2.33 bits per heavy atom. The molecule has 1 amide bonds. The van der Waals surface area contributed by atoms with Gasteiger partial charge in [-0.25, -0.2) is 4.98 Å². The Labute approximate surface area is 106 Å². The van der Waals surface area contributed by atoms with E-state index < -0.39 is 0 Å². The van der Waals surface area contributed by atoms with Gasteiger partial charge in [-0.2, -0.15) is 5.26 Å². The van der Waals surface area contributed by atoms with Gasteiger partial charge in [0.05, 0.1) is 12.1 Å². The number of amides is 1. The molecule has 0 saturated carbocycles. The highest BCUT2D eigenvalue weighted by Crippen LogP contribution is 2.09. The average Bonchev–Trinajstić information content (AvgIpc) is 2.46. The number of rotatable bonds is 3. The molecule has 2 N–H and O–H groups in total. The molecule has 1 saturated heterocycles. The molecule has 6 nitrogen and oxygen atoms in total. The van der Waals surface area contributed by atoms with Crippen LogP contribution in [0.1, 0.15) is 5.56 Å². The number of carbonyl (C=O) groups excluding carboxylic acids is 1. The number of nitrogens with zero attached hydrogens (tertiary/aromatic N) is 3. The van der Waals surface area contributed by atoms with Crippen LogP contribution in [-0.2, 0) is 4.79 Å². The molecule has 94 valence electrons. The second-order valence-electron chi connectivity index (χ2n) is 4.00. The summed E-state index contributed by atoms with van der Waals surface area (Å²) in [6.45, 7) is 3.30. The number of hydrogen-bond acceptors (Lipinski definition) is 5. The molecule has 1 aliphatic heterocycles. The molecule has 0 radical (unpaired) electrons. The van der Waals surface area contributed by atoms with Gasteiger partial charge >= 0.3 is 0 Å². The molecule has 1 aliphatic rings. The first-order valence-electron chi connectivity index (χ1n) is 5.89. The summed E-state index contributed by atoms with van der Waals surface area (Å²) in [7, 11) is 0. The first-order chi connectivity index (χ1) is 8.81. The molecule has 0 atom stereocenters. The van der Waals surface area contributed by atoms with E-state index in [1.54, 1.807) is 23.2 Å². The van der Waals surface area contributed by atoms with E-state index >= 15 is 0 Å². The summed E-state index contributed by atoms with van der Waals surface area (Å²) < 4.78 is 0. The highest BCUT2D eigenvalue weighted by Gasteiger charge is 2.16. The molecule has 0 unspecified atom stereocenters. The Morgan fingerprint density at radius 1 is 1.56 bits per heavy atom. The van der Waals surface area contributed by atoms with Crippen molar-refractivity contribution in [2.24, 2.45) is 0 Å². The molecule has 6 heteroatoms. The Hall–Kier alpha value is -2.13. The number of pyridine rings is 1. The van der Waals surface area contributed by atoms with Crippen molar-refractivity contribution in [2.75, 3.05) is 38.0 Å². The quantitative estimate of drug-likeness (QED) is 0.770. The fourth-order valence-corrected chi connectivity index (χ4v) is 1.82. The van der Waals surface area contributed by atoms with Crippen LogP contribution in [0.15, 0.2) is 18.3 Å². The number of carbonyl (C=O) groups is 1. The molecular weight excluding hydrogens is 230 g/mol. The van der Waals surface area contributed by atoms with E-state index in [1.165, 1.54) is 0 Å². The predicted octanol–water partition coefficient (Wildman–Crippen LogP) is -0.203. The Kier molecular flexibility index (Phi) is 4.10. The molecule has 2 heterocycles. The van der Waals surface area contributed by atoms with E-state index in [0.29, 0.717) is 11.4 Å². The second kappa shape index (κ2) is 5.98. The number of nitriles is 1. The summed E-state index contributed by atoms with van der Waals surface area (Å²) >= 11 is 0. The van der Waals surface area contributed by atoms with Crippen LogP contribution in [0.2, 0.25) is 0 Å². The molecule has 0 aromatic carbocycles. The summed E-state index contributed by atoms with van der Waals surface area (Å²) in [6, 6.07) is 5.41. The number of piperazine rings is 1. The van der Waals surface area contributed by atoms with E-state index in [4.69, 9.17) is 5.26 Å². The fourth-order valence-electron chi connectivity index (χ4n) is 1.82. The summed E-state index contributed by atoms with van der Waals surface area (Å²) in [5.74, 6) is 0.495. The molecule has 1 fully saturated rings. The first-order valence-corrected chi connectivity index (χ1v) is 5.89. The van der Waals surface area contributed by atoms with Crippen molar-refractivity contribution in [2.45, 2.75) is 0 Å². The Balaban J connectivity index is 1.91. The number of anilines is 1. The van der Waals surface area contributed by atoms with E-state index in [1.807, 2.05) is 6.07 Å². The lowest BCUT2D eigenvalue weighted by Crippen LogP contribution is -2.48. The SMILES string of the molecule is N#Cc1cccnc1NCC(=O)N1CCNCC1. The van der Waals surface area contributed by atoms with Crippen LogP contribution in [0.25, 0.3) is 0 Å². The Bertz CT molecular complexity index is 462. The molecule has 1 aromatic rings. The van der Waals surface area contributed by atoms with Crippen molar-refractivity contribution < 1.29 is 4.79 Å². The monoisotopic (exact) mass is 245 g/mol. The van der Waals surface area contributed by atoms with Gasteiger partial charge < -0.3 is 15.5 Å². The van der Waals surface area contributed by atoms with Gasteiger partial charge in [-0.3, -0.25) is 4.79 Å². The van der Waals surface area contributed by atoms with Gasteiger partial charge in [-0.05, 0) is 12.1 Å². The van der Waals surface area contributed by atoms with Crippen molar-refractivity contribution >= 4 is 11.7 Å². The molecule has 0 bridgehead atoms. The van der Waals surface area contributed by atoms with E-state index in [9.17, 15) is 4.79 Å². The topological polar surface area (TPSA) is 81.0 Å². The zero-order valence-electron chi connectivity index (χ0n) is 10.0. The third-order valence-corrected chi connectivity index (χ3v) is 2.80. The minimum absolute atomic E-state index is 0.0334. The molecular formula is C12H15N5O. The lowest BCUT2D eigenvalue weighted by Gasteiger charge is -2.27. The molecule has 2 rings (SSSR count). The third kappa shape index (κ3) is 2.96. The minimum Gasteiger partial charge on any atom is -0.360 e. The van der Waals surface area contributed by atoms with Crippen LogP contribution in [-0.4, -0.2) is 48.5 Å². The molecule has 0 spiro atoms. The van der Waals surface area contributed by atoms with E-state index in [-0.39, 0.29) is 12.5 Å². The van der Waals surface area contributed by atoms with Crippen molar-refractivity contribution in [3.8, 4) is 6.07 Å². The maximum absolute atomic E-state index is 11.9. The van der Waals surface area contributed by atoms with Crippen molar-refractivity contribution in [1.82, 2.24) is 15.2 Å². The summed E-state index contributed by atoms with van der Waals surface area (Å²) in [6.07, 6.45) is 1.60.